The molecule has 6 nitrogen and oxygen atoms in total. The van der Waals surface area contributed by atoms with Crippen molar-refractivity contribution >= 4 is 52.0 Å². The summed E-state index contributed by atoms with van der Waals surface area (Å²) < 4.78 is 0. The van der Waals surface area contributed by atoms with E-state index in [1.165, 1.54) is 11.3 Å². The second-order valence-corrected chi connectivity index (χ2v) is 9.06. The van der Waals surface area contributed by atoms with Crippen LogP contribution < -0.4 is 16.0 Å². The predicted octanol–water partition coefficient (Wildman–Crippen LogP) is 5.49. The smallest absolute Gasteiger partial charge is 0.265 e. The number of benzene rings is 2. The fraction of sp³-hybridized carbons (Fsp3) is 0.208. The number of carbonyl (C=O) groups is 3. The third kappa shape index (κ3) is 5.36. The molecule has 2 aromatic carbocycles. The zero-order valence-electron chi connectivity index (χ0n) is 17.4. The first-order chi connectivity index (χ1) is 15.4. The maximum Gasteiger partial charge on any atom is 0.265 e. The van der Waals surface area contributed by atoms with Crippen molar-refractivity contribution in [3.8, 4) is 0 Å². The van der Waals surface area contributed by atoms with Gasteiger partial charge in [0, 0.05) is 17.2 Å². The van der Waals surface area contributed by atoms with Crippen LogP contribution in [0, 0.1) is 5.92 Å². The maximum atomic E-state index is 12.8. The van der Waals surface area contributed by atoms with Gasteiger partial charge in [-0.25, -0.2) is 0 Å². The van der Waals surface area contributed by atoms with Crippen molar-refractivity contribution in [2.75, 3.05) is 10.6 Å². The molecule has 4 rings (SSSR count). The summed E-state index contributed by atoms with van der Waals surface area (Å²) in [5.74, 6) is -0.357. The fourth-order valence-electron chi connectivity index (χ4n) is 3.16. The number of thiophene rings is 1. The Hall–Kier alpha value is -3.16. The molecule has 3 amide bonds. The van der Waals surface area contributed by atoms with Crippen molar-refractivity contribution in [1.82, 2.24) is 5.32 Å². The van der Waals surface area contributed by atoms with Crippen LogP contribution in [-0.4, -0.2) is 17.7 Å². The number of hydrogen-bond donors (Lipinski definition) is 3. The van der Waals surface area contributed by atoms with Crippen LogP contribution in [0.5, 0.6) is 0 Å². The number of anilines is 2. The largest absolute Gasteiger partial charge is 0.346 e. The zero-order chi connectivity index (χ0) is 22.7. The van der Waals surface area contributed by atoms with Gasteiger partial charge in [-0.1, -0.05) is 29.8 Å². The molecule has 0 spiro atoms. The quantitative estimate of drug-likeness (QED) is 0.429. The van der Waals surface area contributed by atoms with Gasteiger partial charge in [0.1, 0.15) is 0 Å². The molecule has 1 aromatic heterocycles. The number of carbonyl (C=O) groups excluding carboxylic acids is 3. The summed E-state index contributed by atoms with van der Waals surface area (Å²) in [6.07, 6.45) is 1.91. The molecule has 0 bridgehead atoms. The molecule has 32 heavy (non-hydrogen) atoms. The van der Waals surface area contributed by atoms with Crippen molar-refractivity contribution in [3.05, 3.63) is 81.0 Å². The second kappa shape index (κ2) is 9.54. The molecular formula is C24H22ClN3O3S. The topological polar surface area (TPSA) is 87.3 Å². The van der Waals surface area contributed by atoms with Crippen LogP contribution in [0.3, 0.4) is 0 Å². The summed E-state index contributed by atoms with van der Waals surface area (Å²) in [5, 5.41) is 10.8. The number of hydrogen-bond acceptors (Lipinski definition) is 4. The van der Waals surface area contributed by atoms with Gasteiger partial charge in [-0.05, 0) is 67.1 Å². The number of rotatable bonds is 7. The van der Waals surface area contributed by atoms with E-state index in [1.807, 2.05) is 36.6 Å². The van der Waals surface area contributed by atoms with Crippen LogP contribution >= 0.6 is 22.9 Å². The fourth-order valence-corrected chi connectivity index (χ4v) is 3.95. The summed E-state index contributed by atoms with van der Waals surface area (Å²) in [4.78, 5) is 37.5. The van der Waals surface area contributed by atoms with Crippen molar-refractivity contribution in [2.45, 2.75) is 25.8 Å². The SMILES string of the molecule is CC(NC(=O)c1ccc(Cl)c(NC(=O)c2cccs2)c1)c1ccc(NC(=O)C2CC2)cc1. The Balaban J connectivity index is 1.39. The van der Waals surface area contributed by atoms with E-state index < -0.39 is 0 Å². The average Bonchev–Trinajstić information content (AvgIpc) is 3.49. The van der Waals surface area contributed by atoms with E-state index in [0.29, 0.717) is 21.2 Å². The molecule has 1 aliphatic carbocycles. The Morgan fingerprint density at radius 3 is 2.41 bits per heavy atom. The predicted molar refractivity (Wildman–Crippen MR) is 127 cm³/mol. The van der Waals surface area contributed by atoms with Crippen LogP contribution in [0.25, 0.3) is 0 Å². The molecule has 1 fully saturated rings. The van der Waals surface area contributed by atoms with Gasteiger partial charge in [-0.15, -0.1) is 11.3 Å². The van der Waals surface area contributed by atoms with E-state index >= 15 is 0 Å². The minimum Gasteiger partial charge on any atom is -0.346 e. The van der Waals surface area contributed by atoms with Gasteiger partial charge >= 0.3 is 0 Å². The van der Waals surface area contributed by atoms with Gasteiger partial charge in [0.05, 0.1) is 21.6 Å². The Labute approximate surface area is 195 Å². The molecule has 1 heterocycles. The molecule has 0 aliphatic heterocycles. The third-order valence-electron chi connectivity index (χ3n) is 5.20. The summed E-state index contributed by atoms with van der Waals surface area (Å²) in [6, 6.07) is 15.4. The Morgan fingerprint density at radius 2 is 1.75 bits per heavy atom. The minimum absolute atomic E-state index is 0.0591. The van der Waals surface area contributed by atoms with Gasteiger partial charge in [0.25, 0.3) is 11.8 Å². The molecule has 0 radical (unpaired) electrons. The summed E-state index contributed by atoms with van der Waals surface area (Å²) in [6.45, 7) is 1.88. The van der Waals surface area contributed by atoms with Crippen molar-refractivity contribution < 1.29 is 14.4 Å². The first kappa shape index (κ1) is 22.0. The number of halogens is 1. The monoisotopic (exact) mass is 467 g/mol. The highest BCUT2D eigenvalue weighted by molar-refractivity contribution is 7.12. The van der Waals surface area contributed by atoms with Crippen molar-refractivity contribution in [1.29, 1.82) is 0 Å². The maximum absolute atomic E-state index is 12.8. The molecular weight excluding hydrogens is 446 g/mol. The third-order valence-corrected chi connectivity index (χ3v) is 6.39. The number of nitrogens with one attached hydrogen (secondary N) is 3. The van der Waals surface area contributed by atoms with E-state index in [-0.39, 0.29) is 29.7 Å². The molecule has 1 aliphatic rings. The molecule has 1 atom stereocenters. The molecule has 8 heteroatoms. The summed E-state index contributed by atoms with van der Waals surface area (Å²) in [7, 11) is 0. The van der Waals surface area contributed by atoms with Crippen LogP contribution in [0.1, 0.15) is 51.4 Å². The lowest BCUT2D eigenvalue weighted by Gasteiger charge is -2.16. The lowest BCUT2D eigenvalue weighted by Crippen LogP contribution is -2.26. The molecule has 3 aromatic rings. The van der Waals surface area contributed by atoms with Crippen molar-refractivity contribution in [3.63, 3.8) is 0 Å². The van der Waals surface area contributed by atoms with Crippen LogP contribution in [-0.2, 0) is 4.79 Å². The Morgan fingerprint density at radius 1 is 1.00 bits per heavy atom. The highest BCUT2D eigenvalue weighted by atomic mass is 35.5. The van der Waals surface area contributed by atoms with Gasteiger partial charge in [-0.2, -0.15) is 0 Å². The lowest BCUT2D eigenvalue weighted by molar-refractivity contribution is -0.117. The average molecular weight is 468 g/mol. The lowest BCUT2D eigenvalue weighted by atomic mass is 10.1. The number of amides is 3. The molecule has 0 saturated heterocycles. The molecule has 164 valence electrons. The van der Waals surface area contributed by atoms with Gasteiger partial charge in [0.15, 0.2) is 0 Å². The molecule has 1 unspecified atom stereocenters. The van der Waals surface area contributed by atoms with Gasteiger partial charge < -0.3 is 16.0 Å². The highest BCUT2D eigenvalue weighted by Crippen LogP contribution is 2.30. The highest BCUT2D eigenvalue weighted by Gasteiger charge is 2.29. The standard InChI is InChI=1S/C24H22ClN3O3S/c1-14(15-6-9-18(10-7-15)27-22(29)16-4-5-16)26-23(30)17-8-11-19(25)20(13-17)28-24(31)21-3-2-12-32-21/h2-3,6-14,16H,4-5H2,1H3,(H,26,30)(H,27,29)(H,28,31). The minimum atomic E-state index is -0.285. The Kier molecular flexibility index (Phi) is 6.58. The second-order valence-electron chi connectivity index (χ2n) is 7.71. The summed E-state index contributed by atoms with van der Waals surface area (Å²) in [5.41, 5.74) is 2.41. The first-order valence-electron chi connectivity index (χ1n) is 10.3. The van der Waals surface area contributed by atoms with E-state index in [2.05, 4.69) is 16.0 Å². The first-order valence-corrected chi connectivity index (χ1v) is 11.5. The van der Waals surface area contributed by atoms with E-state index in [0.717, 1.165) is 24.1 Å². The molecule has 3 N–H and O–H groups in total. The van der Waals surface area contributed by atoms with Crippen LogP contribution in [0.2, 0.25) is 5.02 Å². The van der Waals surface area contributed by atoms with Gasteiger partial charge in [-0.3, -0.25) is 14.4 Å². The van der Waals surface area contributed by atoms with Crippen LogP contribution in [0.15, 0.2) is 60.0 Å². The molecule has 1 saturated carbocycles. The normalized spacial score (nSPS) is 13.8. The van der Waals surface area contributed by atoms with E-state index in [9.17, 15) is 14.4 Å². The zero-order valence-corrected chi connectivity index (χ0v) is 18.9. The Bertz CT molecular complexity index is 1140. The van der Waals surface area contributed by atoms with Crippen LogP contribution in [0.4, 0.5) is 11.4 Å². The van der Waals surface area contributed by atoms with E-state index in [4.69, 9.17) is 11.6 Å². The van der Waals surface area contributed by atoms with E-state index in [1.54, 1.807) is 30.3 Å². The summed E-state index contributed by atoms with van der Waals surface area (Å²) >= 11 is 7.53. The van der Waals surface area contributed by atoms with Gasteiger partial charge in [0.2, 0.25) is 5.91 Å². The van der Waals surface area contributed by atoms with Crippen molar-refractivity contribution in [2.24, 2.45) is 5.92 Å².